The van der Waals surface area contributed by atoms with Crippen LogP contribution >= 0.6 is 0 Å². The van der Waals surface area contributed by atoms with Crippen molar-refractivity contribution in [2.24, 2.45) is 0 Å². The molecule has 0 aliphatic carbocycles. The maximum Gasteiger partial charge on any atom is 0.431 e. The standard InChI is InChI=1S/C15H16F3NO/c1-4-8(2)10-5-6-12-11(7-10)13(20)9(3)14(19-12)15(16,17)18/h5-8H,4H2,1-3H3,(H,19,20). The zero-order valence-electron chi connectivity index (χ0n) is 11.6. The first-order valence-electron chi connectivity index (χ1n) is 6.49. The van der Waals surface area contributed by atoms with Gasteiger partial charge in [-0.15, -0.1) is 0 Å². The van der Waals surface area contributed by atoms with E-state index in [4.69, 9.17) is 0 Å². The van der Waals surface area contributed by atoms with Gasteiger partial charge in [-0.25, -0.2) is 0 Å². The fourth-order valence-electron chi connectivity index (χ4n) is 2.23. The molecule has 108 valence electrons. The Balaban J connectivity index is 2.74. The summed E-state index contributed by atoms with van der Waals surface area (Å²) < 4.78 is 38.5. The van der Waals surface area contributed by atoms with E-state index < -0.39 is 17.3 Å². The molecule has 1 atom stereocenters. The summed E-state index contributed by atoms with van der Waals surface area (Å²) in [5.74, 6) is 0.265. The van der Waals surface area contributed by atoms with Gasteiger partial charge in [0.05, 0.1) is 0 Å². The lowest BCUT2D eigenvalue weighted by molar-refractivity contribution is -0.141. The summed E-state index contributed by atoms with van der Waals surface area (Å²) in [5.41, 5.74) is -0.626. The molecular formula is C15H16F3NO. The second-order valence-electron chi connectivity index (χ2n) is 5.07. The van der Waals surface area contributed by atoms with Crippen LogP contribution < -0.4 is 5.43 Å². The molecule has 0 fully saturated rings. The van der Waals surface area contributed by atoms with Crippen molar-refractivity contribution in [1.82, 2.24) is 4.98 Å². The van der Waals surface area contributed by atoms with Crippen molar-refractivity contribution >= 4 is 10.9 Å². The van der Waals surface area contributed by atoms with Gasteiger partial charge in [0.2, 0.25) is 0 Å². The van der Waals surface area contributed by atoms with Gasteiger partial charge < -0.3 is 4.98 Å². The van der Waals surface area contributed by atoms with Gasteiger partial charge in [0.1, 0.15) is 5.69 Å². The first kappa shape index (κ1) is 14.6. The summed E-state index contributed by atoms with van der Waals surface area (Å²) >= 11 is 0. The summed E-state index contributed by atoms with van der Waals surface area (Å²) in [4.78, 5) is 14.5. The van der Waals surface area contributed by atoms with Crippen LogP contribution in [0.1, 0.15) is 43.0 Å². The Labute approximate surface area is 114 Å². The van der Waals surface area contributed by atoms with Crippen LogP contribution in [-0.4, -0.2) is 4.98 Å². The third-order valence-corrected chi connectivity index (χ3v) is 3.73. The molecule has 0 spiro atoms. The fraction of sp³-hybridized carbons (Fsp3) is 0.400. The number of fused-ring (bicyclic) bond motifs is 1. The lowest BCUT2D eigenvalue weighted by Gasteiger charge is -2.13. The molecule has 1 heterocycles. The van der Waals surface area contributed by atoms with Crippen LogP contribution in [-0.2, 0) is 6.18 Å². The number of rotatable bonds is 2. The van der Waals surface area contributed by atoms with Crippen molar-refractivity contribution in [2.75, 3.05) is 0 Å². The van der Waals surface area contributed by atoms with Gasteiger partial charge in [0.25, 0.3) is 0 Å². The van der Waals surface area contributed by atoms with Crippen molar-refractivity contribution in [1.29, 1.82) is 0 Å². The third-order valence-electron chi connectivity index (χ3n) is 3.73. The molecule has 1 unspecified atom stereocenters. The number of H-pyrrole nitrogens is 1. The minimum absolute atomic E-state index is 0.222. The highest BCUT2D eigenvalue weighted by molar-refractivity contribution is 5.80. The van der Waals surface area contributed by atoms with Crippen molar-refractivity contribution in [3.8, 4) is 0 Å². The zero-order chi connectivity index (χ0) is 15.1. The monoisotopic (exact) mass is 283 g/mol. The second-order valence-corrected chi connectivity index (χ2v) is 5.07. The number of halogens is 3. The first-order valence-corrected chi connectivity index (χ1v) is 6.49. The van der Waals surface area contributed by atoms with E-state index in [2.05, 4.69) is 4.98 Å². The third kappa shape index (κ3) is 2.44. The van der Waals surface area contributed by atoms with E-state index in [1.54, 1.807) is 18.2 Å². The number of alkyl halides is 3. The first-order chi connectivity index (χ1) is 9.25. The lowest BCUT2D eigenvalue weighted by atomic mass is 9.96. The van der Waals surface area contributed by atoms with E-state index in [0.717, 1.165) is 12.0 Å². The van der Waals surface area contributed by atoms with E-state index in [9.17, 15) is 18.0 Å². The summed E-state index contributed by atoms with van der Waals surface area (Å²) in [6.07, 6.45) is -3.64. The van der Waals surface area contributed by atoms with Crippen LogP contribution in [0.4, 0.5) is 13.2 Å². The van der Waals surface area contributed by atoms with E-state index in [1.807, 2.05) is 13.8 Å². The highest BCUT2D eigenvalue weighted by atomic mass is 19.4. The van der Waals surface area contributed by atoms with Crippen LogP contribution in [0.3, 0.4) is 0 Å². The Kier molecular flexibility index (Phi) is 3.63. The van der Waals surface area contributed by atoms with Gasteiger partial charge in [0.15, 0.2) is 5.43 Å². The van der Waals surface area contributed by atoms with E-state index >= 15 is 0 Å². The van der Waals surface area contributed by atoms with Crippen LogP contribution in [0, 0.1) is 6.92 Å². The molecule has 0 amide bonds. The smallest absolute Gasteiger partial charge is 0.351 e. The van der Waals surface area contributed by atoms with Gasteiger partial charge in [-0.05, 0) is 37.0 Å². The SMILES string of the molecule is CCC(C)c1ccc2[nH]c(C(F)(F)F)c(C)c(=O)c2c1. The molecule has 0 saturated carbocycles. The summed E-state index contributed by atoms with van der Waals surface area (Å²) in [6, 6.07) is 5.00. The molecular weight excluding hydrogens is 267 g/mol. The number of benzene rings is 1. The zero-order valence-corrected chi connectivity index (χ0v) is 11.6. The molecule has 0 saturated heterocycles. The van der Waals surface area contributed by atoms with E-state index in [-0.39, 0.29) is 17.0 Å². The Bertz CT molecular complexity index is 701. The molecule has 0 bridgehead atoms. The van der Waals surface area contributed by atoms with Crippen molar-refractivity contribution in [3.05, 3.63) is 45.2 Å². The Morgan fingerprint density at radius 3 is 2.50 bits per heavy atom. The average molecular weight is 283 g/mol. The largest absolute Gasteiger partial charge is 0.431 e. The number of nitrogens with one attached hydrogen (secondary N) is 1. The number of pyridine rings is 1. The maximum absolute atomic E-state index is 12.8. The molecule has 1 N–H and O–H groups in total. The van der Waals surface area contributed by atoms with Gasteiger partial charge in [-0.2, -0.15) is 13.2 Å². The predicted molar refractivity (Wildman–Crippen MR) is 73.0 cm³/mol. The summed E-state index contributed by atoms with van der Waals surface area (Å²) in [6.45, 7) is 5.25. The number of aromatic nitrogens is 1. The summed E-state index contributed by atoms with van der Waals surface area (Å²) in [5, 5.41) is 0.313. The molecule has 2 rings (SSSR count). The molecule has 0 radical (unpaired) electrons. The topological polar surface area (TPSA) is 32.9 Å². The summed E-state index contributed by atoms with van der Waals surface area (Å²) in [7, 11) is 0. The van der Waals surface area contributed by atoms with Crippen LogP contribution in [0.5, 0.6) is 0 Å². The Morgan fingerprint density at radius 2 is 1.95 bits per heavy atom. The molecule has 5 heteroatoms. The molecule has 2 nitrogen and oxygen atoms in total. The molecule has 1 aromatic heterocycles. The van der Waals surface area contributed by atoms with Gasteiger partial charge >= 0.3 is 6.18 Å². The molecule has 2 aromatic rings. The quantitative estimate of drug-likeness (QED) is 0.872. The van der Waals surface area contributed by atoms with E-state index in [0.29, 0.717) is 5.39 Å². The molecule has 0 aliphatic heterocycles. The van der Waals surface area contributed by atoms with Gasteiger partial charge in [-0.1, -0.05) is 19.9 Å². The maximum atomic E-state index is 12.8. The van der Waals surface area contributed by atoms with Crippen LogP contribution in [0.2, 0.25) is 0 Å². The Morgan fingerprint density at radius 1 is 1.30 bits per heavy atom. The molecule has 20 heavy (non-hydrogen) atoms. The normalized spacial score (nSPS) is 13.7. The molecule has 0 aliphatic rings. The Hall–Kier alpha value is -1.78. The van der Waals surface area contributed by atoms with Crippen molar-refractivity contribution in [3.63, 3.8) is 0 Å². The fourth-order valence-corrected chi connectivity index (χ4v) is 2.23. The van der Waals surface area contributed by atoms with Crippen LogP contribution in [0.25, 0.3) is 10.9 Å². The van der Waals surface area contributed by atoms with E-state index in [1.165, 1.54) is 6.92 Å². The number of hydrogen-bond donors (Lipinski definition) is 1. The number of aromatic amines is 1. The minimum atomic E-state index is -4.55. The van der Waals surface area contributed by atoms with Gasteiger partial charge in [0, 0.05) is 16.5 Å². The van der Waals surface area contributed by atoms with Gasteiger partial charge in [-0.3, -0.25) is 4.79 Å². The highest BCUT2D eigenvalue weighted by Gasteiger charge is 2.34. The van der Waals surface area contributed by atoms with Crippen molar-refractivity contribution < 1.29 is 13.2 Å². The molecule has 1 aromatic carbocycles. The average Bonchev–Trinajstić information content (AvgIpc) is 2.40. The predicted octanol–water partition coefficient (Wildman–Crippen LogP) is 4.37. The minimum Gasteiger partial charge on any atom is -0.351 e. The van der Waals surface area contributed by atoms with Crippen molar-refractivity contribution in [2.45, 2.75) is 39.3 Å². The number of hydrogen-bond acceptors (Lipinski definition) is 1. The van der Waals surface area contributed by atoms with Crippen LogP contribution in [0.15, 0.2) is 23.0 Å². The highest BCUT2D eigenvalue weighted by Crippen LogP contribution is 2.30. The lowest BCUT2D eigenvalue weighted by Crippen LogP contribution is -2.19. The second kappa shape index (κ2) is 4.96.